The van der Waals surface area contributed by atoms with Gasteiger partial charge in [0.05, 0.1) is 54.8 Å². The van der Waals surface area contributed by atoms with Crippen LogP contribution in [-0.4, -0.2) is 33.6 Å². The average Bonchev–Trinajstić information content (AvgIpc) is 3.99. The first-order valence-corrected chi connectivity index (χ1v) is 23.9. The minimum absolute atomic E-state index is 0.286. The molecule has 0 unspecified atom stereocenters. The number of carbonyl (C=O) groups is 4. The molecule has 0 aliphatic carbocycles. The molecule has 2 aliphatic heterocycles. The summed E-state index contributed by atoms with van der Waals surface area (Å²) in [7, 11) is 0. The second-order valence-electron chi connectivity index (χ2n) is 17.3. The number of rotatable bonds is 10. The van der Waals surface area contributed by atoms with E-state index in [0.29, 0.717) is 44.7 Å². The number of fused-ring (bicyclic) bond motifs is 3. The summed E-state index contributed by atoms with van der Waals surface area (Å²) < 4.78 is 0. The van der Waals surface area contributed by atoms with Crippen molar-refractivity contribution < 1.29 is 19.2 Å². The van der Waals surface area contributed by atoms with Crippen LogP contribution in [0.5, 0.6) is 0 Å². The molecular formula is C60H40N6O4S. The molecule has 10 aromatic rings. The second kappa shape index (κ2) is 17.3. The number of aryl methyl sites for hydroxylation is 2. The highest BCUT2D eigenvalue weighted by atomic mass is 32.1. The van der Waals surface area contributed by atoms with Crippen molar-refractivity contribution in [1.82, 2.24) is 9.97 Å². The van der Waals surface area contributed by atoms with Gasteiger partial charge in [0.25, 0.3) is 23.6 Å². The molecular weight excluding hydrogens is 901 g/mol. The van der Waals surface area contributed by atoms with E-state index >= 15 is 0 Å². The number of nitrogens with zero attached hydrogens (tertiary/aromatic N) is 6. The number of carbonyl (C=O) groups excluding carboxylic acids is 4. The number of hydrogen-bond donors (Lipinski definition) is 0. The van der Waals surface area contributed by atoms with Gasteiger partial charge in [0.2, 0.25) is 0 Å². The standard InChI is InChI=1S/C60H40N6O4S/c1-37-38(2)62-54-53(61-37)55(39-23-33-49-51(35-39)59(69)65(57(49)67)47-29-25-45(26-30-47)63(41-15-7-3-8-16-41)42-17-9-4-10-18-42)71-56(54)40-24-34-50-52(36-40)60(70)66(58(50)68)48-31-27-46(28-32-48)64(43-19-11-5-12-20-43)44-21-13-6-14-22-44/h3-36H,1-2H3. The fourth-order valence-electron chi connectivity index (χ4n) is 9.45. The van der Waals surface area contributed by atoms with Crippen LogP contribution in [0.15, 0.2) is 206 Å². The fourth-order valence-corrected chi connectivity index (χ4v) is 10.6. The van der Waals surface area contributed by atoms with Gasteiger partial charge in [-0.1, -0.05) is 84.9 Å². The van der Waals surface area contributed by atoms with Crippen molar-refractivity contribution in [2.45, 2.75) is 13.8 Å². The molecule has 71 heavy (non-hydrogen) atoms. The van der Waals surface area contributed by atoms with Gasteiger partial charge in [-0.05, 0) is 146 Å². The average molecular weight is 941 g/mol. The van der Waals surface area contributed by atoms with E-state index in [1.807, 2.05) is 172 Å². The summed E-state index contributed by atoms with van der Waals surface area (Å²) >= 11 is 1.43. The number of para-hydroxylation sites is 4. The summed E-state index contributed by atoms with van der Waals surface area (Å²) in [5.41, 5.74) is 11.9. The van der Waals surface area contributed by atoms with Gasteiger partial charge < -0.3 is 9.80 Å². The van der Waals surface area contributed by atoms with Crippen LogP contribution < -0.4 is 19.6 Å². The molecule has 0 N–H and O–H groups in total. The Hall–Kier alpha value is -9.32. The van der Waals surface area contributed by atoms with Crippen LogP contribution in [0.1, 0.15) is 52.8 Å². The Morgan fingerprint density at radius 1 is 0.352 bits per heavy atom. The molecule has 2 aromatic heterocycles. The summed E-state index contributed by atoms with van der Waals surface area (Å²) in [5, 5.41) is 0. The fraction of sp³-hybridized carbons (Fsp3) is 0.0333. The number of aromatic nitrogens is 2. The zero-order chi connectivity index (χ0) is 48.3. The molecule has 340 valence electrons. The van der Waals surface area contributed by atoms with Gasteiger partial charge >= 0.3 is 0 Å². The van der Waals surface area contributed by atoms with E-state index in [-0.39, 0.29) is 11.1 Å². The van der Waals surface area contributed by atoms with Crippen molar-refractivity contribution in [2.75, 3.05) is 19.6 Å². The third-order valence-corrected chi connectivity index (χ3v) is 14.3. The Labute approximate surface area is 413 Å². The van der Waals surface area contributed by atoms with Crippen molar-refractivity contribution in [2.24, 2.45) is 0 Å². The van der Waals surface area contributed by atoms with E-state index in [1.165, 1.54) is 21.1 Å². The minimum atomic E-state index is -0.424. The van der Waals surface area contributed by atoms with Gasteiger partial charge in [-0.15, -0.1) is 11.3 Å². The Balaban J connectivity index is 0.848. The molecule has 0 saturated carbocycles. The Kier molecular flexibility index (Phi) is 10.5. The summed E-state index contributed by atoms with van der Waals surface area (Å²) in [4.78, 5) is 74.9. The van der Waals surface area contributed by atoms with Gasteiger partial charge in [0.1, 0.15) is 11.0 Å². The molecule has 0 saturated heterocycles. The van der Waals surface area contributed by atoms with Crippen LogP contribution in [0.4, 0.5) is 45.5 Å². The molecule has 10 nitrogen and oxygen atoms in total. The molecule has 0 fully saturated rings. The zero-order valence-electron chi connectivity index (χ0n) is 38.4. The number of thiophene rings is 1. The summed E-state index contributed by atoms with van der Waals surface area (Å²) in [6.07, 6.45) is 0. The lowest BCUT2D eigenvalue weighted by atomic mass is 10.0. The SMILES string of the molecule is Cc1nc2c(-c3ccc4c(c3)C(=O)N(c3ccc(N(c5ccccc5)c5ccccc5)cc3)C4=O)sc(-c3ccc4c(c3)C(=O)N(c3ccc(N(c5ccccc5)c5ccccc5)cc3)C4=O)c2nc1C. The van der Waals surface area contributed by atoms with Crippen molar-refractivity contribution in [3.8, 4) is 20.9 Å². The van der Waals surface area contributed by atoms with Crippen LogP contribution in [0.3, 0.4) is 0 Å². The van der Waals surface area contributed by atoms with E-state index in [2.05, 4.69) is 9.80 Å². The van der Waals surface area contributed by atoms with E-state index in [4.69, 9.17) is 9.97 Å². The predicted octanol–water partition coefficient (Wildman–Crippen LogP) is 14.2. The largest absolute Gasteiger partial charge is 0.311 e. The Morgan fingerprint density at radius 2 is 0.648 bits per heavy atom. The van der Waals surface area contributed by atoms with E-state index in [0.717, 1.165) is 55.3 Å². The molecule has 0 atom stereocenters. The van der Waals surface area contributed by atoms with Gasteiger partial charge in [0.15, 0.2) is 0 Å². The van der Waals surface area contributed by atoms with Gasteiger partial charge in [0, 0.05) is 34.1 Å². The minimum Gasteiger partial charge on any atom is -0.311 e. The first-order chi connectivity index (χ1) is 34.7. The highest BCUT2D eigenvalue weighted by Gasteiger charge is 2.39. The number of anilines is 8. The first kappa shape index (κ1) is 43.0. The highest BCUT2D eigenvalue weighted by Crippen LogP contribution is 2.46. The Bertz CT molecular complexity index is 3430. The molecule has 2 aliphatic rings. The molecule has 0 spiro atoms. The summed E-state index contributed by atoms with van der Waals surface area (Å²) in [5.74, 6) is -1.65. The monoisotopic (exact) mass is 940 g/mol. The number of amides is 4. The van der Waals surface area contributed by atoms with Gasteiger partial charge in [-0.3, -0.25) is 19.2 Å². The Morgan fingerprint density at radius 3 is 0.972 bits per heavy atom. The molecule has 0 bridgehead atoms. The van der Waals surface area contributed by atoms with Crippen molar-refractivity contribution in [1.29, 1.82) is 0 Å². The molecule has 4 heterocycles. The lowest BCUT2D eigenvalue weighted by Crippen LogP contribution is -2.29. The molecule has 12 rings (SSSR count). The van der Waals surface area contributed by atoms with Crippen molar-refractivity contribution in [3.63, 3.8) is 0 Å². The zero-order valence-corrected chi connectivity index (χ0v) is 39.2. The van der Waals surface area contributed by atoms with Crippen molar-refractivity contribution >= 4 is 91.5 Å². The van der Waals surface area contributed by atoms with Gasteiger partial charge in [-0.2, -0.15) is 0 Å². The third-order valence-electron chi connectivity index (χ3n) is 13.0. The molecule has 8 aromatic carbocycles. The van der Waals surface area contributed by atoms with Crippen LogP contribution in [0.2, 0.25) is 0 Å². The third kappa shape index (κ3) is 7.34. The van der Waals surface area contributed by atoms with Crippen LogP contribution in [-0.2, 0) is 0 Å². The van der Waals surface area contributed by atoms with E-state index in [1.54, 1.807) is 48.5 Å². The normalized spacial score (nSPS) is 13.0. The quantitative estimate of drug-likeness (QED) is 0.125. The van der Waals surface area contributed by atoms with Crippen LogP contribution in [0, 0.1) is 13.8 Å². The van der Waals surface area contributed by atoms with E-state index < -0.39 is 23.6 Å². The number of hydrogen-bond acceptors (Lipinski definition) is 9. The lowest BCUT2D eigenvalue weighted by molar-refractivity contribution is 0.0910. The molecule has 4 amide bonds. The maximum Gasteiger partial charge on any atom is 0.266 e. The maximum atomic E-state index is 14.3. The van der Waals surface area contributed by atoms with Crippen LogP contribution in [0.25, 0.3) is 31.9 Å². The maximum absolute atomic E-state index is 14.3. The lowest BCUT2D eigenvalue weighted by Gasteiger charge is -2.26. The smallest absolute Gasteiger partial charge is 0.266 e. The summed E-state index contributed by atoms with van der Waals surface area (Å²) in [6.45, 7) is 3.80. The first-order valence-electron chi connectivity index (χ1n) is 23.1. The second-order valence-corrected chi connectivity index (χ2v) is 18.3. The van der Waals surface area contributed by atoms with Gasteiger partial charge in [-0.25, -0.2) is 19.8 Å². The number of benzene rings is 8. The molecule has 0 radical (unpaired) electrons. The highest BCUT2D eigenvalue weighted by molar-refractivity contribution is 7.20. The van der Waals surface area contributed by atoms with Crippen molar-refractivity contribution in [3.05, 3.63) is 240 Å². The molecule has 11 heteroatoms. The van der Waals surface area contributed by atoms with E-state index in [9.17, 15) is 19.2 Å². The van der Waals surface area contributed by atoms with Crippen LogP contribution >= 0.6 is 11.3 Å². The number of imide groups is 2. The topological polar surface area (TPSA) is 107 Å². The summed E-state index contributed by atoms with van der Waals surface area (Å²) in [6, 6.07) is 65.5. The predicted molar refractivity (Wildman–Crippen MR) is 282 cm³/mol.